The van der Waals surface area contributed by atoms with Crippen LogP contribution in [0, 0.1) is 0 Å². The largest absolute Gasteiger partial charge is 0.338 e. The molecule has 3 heteroatoms. The third-order valence-corrected chi connectivity index (χ3v) is 4.42. The monoisotopic (exact) mass is 321 g/mol. The van der Waals surface area contributed by atoms with Gasteiger partial charge in [0, 0.05) is 16.5 Å². The Balaban J connectivity index is 1.64. The van der Waals surface area contributed by atoms with Crippen molar-refractivity contribution in [3.8, 4) is 22.6 Å². The van der Waals surface area contributed by atoms with Gasteiger partial charge in [-0.25, -0.2) is 9.97 Å². The Hall–Kier alpha value is -3.46. The third kappa shape index (κ3) is 2.46. The lowest BCUT2D eigenvalue weighted by Gasteiger charge is -2.05. The third-order valence-electron chi connectivity index (χ3n) is 4.42. The van der Waals surface area contributed by atoms with Gasteiger partial charge in [-0.15, -0.1) is 0 Å². The van der Waals surface area contributed by atoms with Crippen molar-refractivity contribution in [1.82, 2.24) is 15.0 Å². The molecule has 0 radical (unpaired) electrons. The minimum absolute atomic E-state index is 0.870. The maximum absolute atomic E-state index is 4.84. The summed E-state index contributed by atoms with van der Waals surface area (Å²) in [4.78, 5) is 12.9. The molecule has 25 heavy (non-hydrogen) atoms. The number of nitrogens with zero attached hydrogens (tertiary/aromatic N) is 2. The van der Waals surface area contributed by atoms with E-state index in [0.29, 0.717) is 0 Å². The summed E-state index contributed by atoms with van der Waals surface area (Å²) in [6.45, 7) is 0. The van der Waals surface area contributed by atoms with Crippen molar-refractivity contribution in [1.29, 1.82) is 0 Å². The number of H-pyrrole nitrogens is 1. The molecule has 3 aromatic carbocycles. The molecule has 2 heterocycles. The van der Waals surface area contributed by atoms with Crippen molar-refractivity contribution in [3.05, 3.63) is 84.9 Å². The molecule has 0 aliphatic heterocycles. The lowest BCUT2D eigenvalue weighted by Crippen LogP contribution is -1.87. The highest BCUT2D eigenvalue weighted by atomic mass is 14.9. The summed E-state index contributed by atoms with van der Waals surface area (Å²) in [5, 5.41) is 1.12. The van der Waals surface area contributed by atoms with Crippen LogP contribution in [0.3, 0.4) is 0 Å². The van der Waals surface area contributed by atoms with Gasteiger partial charge in [0.25, 0.3) is 0 Å². The van der Waals surface area contributed by atoms with Crippen LogP contribution >= 0.6 is 0 Å². The van der Waals surface area contributed by atoms with Gasteiger partial charge in [0.2, 0.25) is 0 Å². The van der Waals surface area contributed by atoms with E-state index >= 15 is 0 Å². The Kier molecular flexibility index (Phi) is 3.10. The SMILES string of the molecule is c1ccc(-c2ccc3ccc(-c4nc5ccccc5[nH]4)cc3n2)cc1. The average Bonchev–Trinajstić information content (AvgIpc) is 3.12. The van der Waals surface area contributed by atoms with Crippen LogP contribution in [-0.4, -0.2) is 15.0 Å². The van der Waals surface area contributed by atoms with Gasteiger partial charge in [-0.2, -0.15) is 0 Å². The zero-order chi connectivity index (χ0) is 16.6. The number of para-hydroxylation sites is 2. The van der Waals surface area contributed by atoms with E-state index in [2.05, 4.69) is 52.4 Å². The number of imidazole rings is 1. The minimum Gasteiger partial charge on any atom is -0.338 e. The summed E-state index contributed by atoms with van der Waals surface area (Å²) in [5.74, 6) is 0.870. The summed E-state index contributed by atoms with van der Waals surface area (Å²) < 4.78 is 0. The predicted molar refractivity (Wildman–Crippen MR) is 102 cm³/mol. The van der Waals surface area contributed by atoms with Crippen LogP contribution in [0.5, 0.6) is 0 Å². The van der Waals surface area contributed by atoms with Crippen LogP contribution in [0.4, 0.5) is 0 Å². The number of nitrogens with one attached hydrogen (secondary N) is 1. The zero-order valence-corrected chi connectivity index (χ0v) is 13.5. The molecule has 2 aromatic heterocycles. The van der Waals surface area contributed by atoms with E-state index < -0.39 is 0 Å². The molecule has 0 aliphatic rings. The fourth-order valence-corrected chi connectivity index (χ4v) is 3.12. The van der Waals surface area contributed by atoms with E-state index in [4.69, 9.17) is 4.98 Å². The van der Waals surface area contributed by atoms with E-state index in [1.165, 1.54) is 0 Å². The topological polar surface area (TPSA) is 41.6 Å². The van der Waals surface area contributed by atoms with Crippen LogP contribution in [0.25, 0.3) is 44.6 Å². The number of fused-ring (bicyclic) bond motifs is 2. The number of hydrogen-bond acceptors (Lipinski definition) is 2. The first-order chi connectivity index (χ1) is 12.4. The smallest absolute Gasteiger partial charge is 0.138 e. The van der Waals surface area contributed by atoms with Gasteiger partial charge in [0.1, 0.15) is 5.82 Å². The van der Waals surface area contributed by atoms with E-state index in [0.717, 1.165) is 44.6 Å². The highest BCUT2D eigenvalue weighted by molar-refractivity contribution is 5.87. The number of benzene rings is 3. The zero-order valence-electron chi connectivity index (χ0n) is 13.5. The molecular weight excluding hydrogens is 306 g/mol. The molecule has 0 unspecified atom stereocenters. The van der Waals surface area contributed by atoms with Crippen LogP contribution < -0.4 is 0 Å². The van der Waals surface area contributed by atoms with Crippen molar-refractivity contribution in [2.45, 2.75) is 0 Å². The van der Waals surface area contributed by atoms with Gasteiger partial charge in [-0.3, -0.25) is 0 Å². The molecule has 3 nitrogen and oxygen atoms in total. The second kappa shape index (κ2) is 5.56. The summed E-state index contributed by atoms with van der Waals surface area (Å²) in [6.07, 6.45) is 0. The molecule has 0 amide bonds. The molecule has 0 saturated heterocycles. The van der Waals surface area contributed by atoms with Gasteiger partial charge < -0.3 is 4.98 Å². The van der Waals surface area contributed by atoms with Crippen molar-refractivity contribution in [2.24, 2.45) is 0 Å². The lowest BCUT2D eigenvalue weighted by atomic mass is 10.1. The molecular formula is C22H15N3. The average molecular weight is 321 g/mol. The molecule has 5 aromatic rings. The molecule has 0 aliphatic carbocycles. The van der Waals surface area contributed by atoms with E-state index in [9.17, 15) is 0 Å². The molecule has 1 N–H and O–H groups in total. The molecule has 0 saturated carbocycles. The molecule has 0 bridgehead atoms. The molecule has 0 fully saturated rings. The van der Waals surface area contributed by atoms with Gasteiger partial charge in [0.15, 0.2) is 0 Å². The summed E-state index contributed by atoms with van der Waals surface area (Å²) in [5.41, 5.74) is 6.14. The van der Waals surface area contributed by atoms with Gasteiger partial charge in [-0.05, 0) is 24.3 Å². The second-order valence-corrected chi connectivity index (χ2v) is 6.07. The highest BCUT2D eigenvalue weighted by Gasteiger charge is 2.07. The summed E-state index contributed by atoms with van der Waals surface area (Å²) >= 11 is 0. The minimum atomic E-state index is 0.870. The maximum atomic E-state index is 4.84. The first-order valence-corrected chi connectivity index (χ1v) is 8.28. The molecule has 118 valence electrons. The summed E-state index contributed by atoms with van der Waals surface area (Å²) in [6, 6.07) is 28.8. The Morgan fingerprint density at radius 3 is 2.28 bits per heavy atom. The number of aromatic amines is 1. The van der Waals surface area contributed by atoms with E-state index in [1.807, 2.05) is 42.5 Å². The van der Waals surface area contributed by atoms with Crippen LogP contribution in [0.15, 0.2) is 84.9 Å². The van der Waals surface area contributed by atoms with Crippen molar-refractivity contribution < 1.29 is 0 Å². The number of rotatable bonds is 2. The number of aromatic nitrogens is 3. The van der Waals surface area contributed by atoms with Crippen molar-refractivity contribution in [3.63, 3.8) is 0 Å². The van der Waals surface area contributed by atoms with E-state index in [1.54, 1.807) is 0 Å². The summed E-state index contributed by atoms with van der Waals surface area (Å²) in [7, 11) is 0. The fourth-order valence-electron chi connectivity index (χ4n) is 3.12. The van der Waals surface area contributed by atoms with Crippen LogP contribution in [0.1, 0.15) is 0 Å². The van der Waals surface area contributed by atoms with Gasteiger partial charge in [-0.1, -0.05) is 60.7 Å². The van der Waals surface area contributed by atoms with Gasteiger partial charge >= 0.3 is 0 Å². The van der Waals surface area contributed by atoms with E-state index in [-0.39, 0.29) is 0 Å². The number of hydrogen-bond donors (Lipinski definition) is 1. The van der Waals surface area contributed by atoms with Crippen LogP contribution in [0.2, 0.25) is 0 Å². The molecule has 0 atom stereocenters. The Bertz CT molecular complexity index is 1160. The Morgan fingerprint density at radius 1 is 0.600 bits per heavy atom. The first kappa shape index (κ1) is 13.9. The van der Waals surface area contributed by atoms with Crippen LogP contribution in [-0.2, 0) is 0 Å². The Morgan fingerprint density at radius 2 is 1.40 bits per heavy atom. The van der Waals surface area contributed by atoms with Crippen molar-refractivity contribution in [2.75, 3.05) is 0 Å². The number of pyridine rings is 1. The quantitative estimate of drug-likeness (QED) is 0.470. The van der Waals surface area contributed by atoms with Crippen molar-refractivity contribution >= 4 is 21.9 Å². The fraction of sp³-hybridized carbons (Fsp3) is 0. The lowest BCUT2D eigenvalue weighted by molar-refractivity contribution is 1.33. The standard InChI is InChI=1S/C22H15N3/c1-2-6-15(7-3-1)18-13-12-16-10-11-17(14-21(16)23-18)22-24-19-8-4-5-9-20(19)25-22/h1-14H,(H,24,25). The van der Waals surface area contributed by atoms with Gasteiger partial charge in [0.05, 0.1) is 22.2 Å². The second-order valence-electron chi connectivity index (χ2n) is 6.07. The predicted octanol–water partition coefficient (Wildman–Crippen LogP) is 5.45. The molecule has 0 spiro atoms. The first-order valence-electron chi connectivity index (χ1n) is 8.28. The highest BCUT2D eigenvalue weighted by Crippen LogP contribution is 2.26. The Labute approximate surface area is 145 Å². The normalized spacial score (nSPS) is 11.2. The molecule has 5 rings (SSSR count). The maximum Gasteiger partial charge on any atom is 0.138 e.